The smallest absolute Gasteiger partial charge is 0.295 e. The van der Waals surface area contributed by atoms with Crippen molar-refractivity contribution in [2.24, 2.45) is 22.8 Å². The van der Waals surface area contributed by atoms with Gasteiger partial charge in [0.05, 0.1) is 12.6 Å². The Morgan fingerprint density at radius 3 is 2.76 bits per heavy atom. The van der Waals surface area contributed by atoms with Gasteiger partial charge in [0.15, 0.2) is 0 Å². The van der Waals surface area contributed by atoms with Crippen molar-refractivity contribution in [3.8, 4) is 0 Å². The van der Waals surface area contributed by atoms with Crippen molar-refractivity contribution < 1.29 is 21.6 Å². The van der Waals surface area contributed by atoms with Crippen LogP contribution in [-0.2, 0) is 16.2 Å². The molecule has 4 unspecified atom stereocenters. The van der Waals surface area contributed by atoms with E-state index in [4.69, 9.17) is 5.84 Å². The molecule has 33 heavy (non-hydrogen) atoms. The van der Waals surface area contributed by atoms with E-state index in [1.54, 1.807) is 12.1 Å². The molecule has 1 aromatic heterocycles. The highest BCUT2D eigenvalue weighted by atomic mass is 32.2. The van der Waals surface area contributed by atoms with Crippen LogP contribution in [0, 0.1) is 11.8 Å². The minimum absolute atomic E-state index is 0.0284. The van der Waals surface area contributed by atoms with Crippen molar-refractivity contribution in [2.45, 2.75) is 43.7 Å². The number of nitrogens with two attached hydrogens (primary N) is 1. The Labute approximate surface area is 192 Å². The third kappa shape index (κ3) is 5.49. The van der Waals surface area contributed by atoms with Crippen LogP contribution in [0.3, 0.4) is 0 Å². The number of hydrazine groups is 1. The van der Waals surface area contributed by atoms with Crippen LogP contribution in [0.2, 0.25) is 0 Å². The molecule has 182 valence electrons. The molecule has 1 aliphatic heterocycles. The summed E-state index contributed by atoms with van der Waals surface area (Å²) in [7, 11) is -2.04. The number of fused-ring (bicyclic) bond motifs is 1. The number of nitrogens with one attached hydrogen (secondary N) is 1. The fraction of sp³-hybridized carbons (Fsp3) is 0.524. The van der Waals surface area contributed by atoms with Gasteiger partial charge in [0.1, 0.15) is 16.8 Å². The number of hydrogen-bond donors (Lipinski definition) is 2. The van der Waals surface area contributed by atoms with E-state index in [9.17, 15) is 21.6 Å². The first-order valence-corrected chi connectivity index (χ1v) is 12.2. The highest BCUT2D eigenvalue weighted by Gasteiger charge is 2.49. The minimum atomic E-state index is -4.60. The van der Waals surface area contributed by atoms with Gasteiger partial charge >= 0.3 is 6.18 Å². The van der Waals surface area contributed by atoms with E-state index in [1.807, 2.05) is 13.1 Å². The number of hydrogen-bond acceptors (Lipinski definition) is 7. The maximum absolute atomic E-state index is 13.4. The predicted octanol–water partition coefficient (Wildman–Crippen LogP) is 2.87. The first-order chi connectivity index (χ1) is 15.5. The second-order valence-electron chi connectivity index (χ2n) is 8.24. The second kappa shape index (κ2) is 9.72. The van der Waals surface area contributed by atoms with Crippen LogP contribution in [0.1, 0.15) is 31.9 Å². The second-order valence-corrected chi connectivity index (χ2v) is 10.1. The topological polar surface area (TPSA) is 104 Å². The van der Waals surface area contributed by atoms with E-state index >= 15 is 0 Å². The fourth-order valence-electron chi connectivity index (χ4n) is 4.49. The number of nitrogens with zero attached hydrogens (tertiary/aromatic N) is 4. The lowest BCUT2D eigenvalue weighted by atomic mass is 9.77. The summed E-state index contributed by atoms with van der Waals surface area (Å²) in [6.07, 6.45) is 2.39. The summed E-state index contributed by atoms with van der Waals surface area (Å²) in [5.41, 5.74) is -0.875. The standard InChI is InChI=1S/C21H29F3N6O2S/c1-4-14-9-10-15-13-26-29(3)19(15)20(14)33(31,32)28-16(5-2)11-12-30(25)18-8-6-7-17(27-18)21(22,23)24/h5-8,11,13-15,19-20,28H,2,4,9-10,12,25H2,1,3H3/b16-11-. The summed E-state index contributed by atoms with van der Waals surface area (Å²) in [5, 5.41) is 6.34. The summed E-state index contributed by atoms with van der Waals surface area (Å²) in [4.78, 5) is 3.52. The molecular weight excluding hydrogens is 457 g/mol. The maximum Gasteiger partial charge on any atom is 0.433 e. The van der Waals surface area contributed by atoms with Gasteiger partial charge in [-0.25, -0.2) is 19.2 Å². The molecule has 0 saturated heterocycles. The number of aromatic nitrogens is 1. The zero-order valence-corrected chi connectivity index (χ0v) is 19.4. The van der Waals surface area contributed by atoms with Gasteiger partial charge in [-0.1, -0.05) is 26.0 Å². The Hall–Kier alpha value is -2.60. The van der Waals surface area contributed by atoms with Gasteiger partial charge in [-0.15, -0.1) is 0 Å². The maximum atomic E-state index is 13.4. The number of anilines is 1. The molecule has 0 spiro atoms. The van der Waals surface area contributed by atoms with Crippen LogP contribution in [0.4, 0.5) is 19.0 Å². The van der Waals surface area contributed by atoms with Crippen molar-refractivity contribution in [3.63, 3.8) is 0 Å². The summed E-state index contributed by atoms with van der Waals surface area (Å²) in [5.74, 6) is 5.82. The molecule has 3 rings (SSSR count). The average molecular weight is 487 g/mol. The largest absolute Gasteiger partial charge is 0.433 e. The molecule has 2 aliphatic rings. The van der Waals surface area contributed by atoms with E-state index in [1.165, 1.54) is 24.3 Å². The minimum Gasteiger partial charge on any atom is -0.295 e. The fourth-order valence-corrected chi connectivity index (χ4v) is 6.70. The molecule has 1 saturated carbocycles. The van der Waals surface area contributed by atoms with Gasteiger partial charge < -0.3 is 0 Å². The Kier molecular flexibility index (Phi) is 7.37. The molecular formula is C21H29F3N6O2S. The molecule has 12 heteroatoms. The highest BCUT2D eigenvalue weighted by Crippen LogP contribution is 2.39. The van der Waals surface area contributed by atoms with Crippen LogP contribution in [0.25, 0.3) is 0 Å². The van der Waals surface area contributed by atoms with E-state index in [2.05, 4.69) is 21.4 Å². The van der Waals surface area contributed by atoms with Gasteiger partial charge in [-0.3, -0.25) is 14.7 Å². The Morgan fingerprint density at radius 2 is 2.12 bits per heavy atom. The number of rotatable bonds is 8. The SMILES string of the molecule is C=C/C(=C/CN(N)c1cccc(C(F)(F)F)n1)NS(=O)(=O)C1C(CC)CCC2C=NN(C)C21. The first kappa shape index (κ1) is 25.0. The summed E-state index contributed by atoms with van der Waals surface area (Å²) >= 11 is 0. The van der Waals surface area contributed by atoms with Crippen molar-refractivity contribution in [2.75, 3.05) is 18.6 Å². The third-order valence-corrected chi connectivity index (χ3v) is 8.07. The van der Waals surface area contributed by atoms with Crippen molar-refractivity contribution in [1.29, 1.82) is 0 Å². The molecule has 0 amide bonds. The number of sulfonamides is 1. The van der Waals surface area contributed by atoms with Gasteiger partial charge in [0, 0.05) is 24.9 Å². The zero-order valence-electron chi connectivity index (χ0n) is 18.5. The number of alkyl halides is 3. The van der Waals surface area contributed by atoms with Gasteiger partial charge in [-0.2, -0.15) is 18.3 Å². The van der Waals surface area contributed by atoms with Crippen LogP contribution >= 0.6 is 0 Å². The Balaban J connectivity index is 1.77. The highest BCUT2D eigenvalue weighted by molar-refractivity contribution is 7.90. The lowest BCUT2D eigenvalue weighted by Gasteiger charge is -2.41. The number of allylic oxidation sites excluding steroid dienone is 1. The Bertz CT molecular complexity index is 1030. The zero-order chi connectivity index (χ0) is 24.4. The first-order valence-electron chi connectivity index (χ1n) is 10.7. The van der Waals surface area contributed by atoms with Crippen LogP contribution < -0.4 is 15.6 Å². The van der Waals surface area contributed by atoms with Crippen molar-refractivity contribution in [3.05, 3.63) is 48.3 Å². The molecule has 1 aromatic rings. The number of halogens is 3. The summed E-state index contributed by atoms with van der Waals surface area (Å²) in [6, 6.07) is 3.13. The molecule has 8 nitrogen and oxygen atoms in total. The molecule has 1 aliphatic carbocycles. The quantitative estimate of drug-likeness (QED) is 0.333. The third-order valence-electron chi connectivity index (χ3n) is 6.17. The number of hydrazone groups is 1. The molecule has 0 aromatic carbocycles. The molecule has 1 fully saturated rings. The lowest BCUT2D eigenvalue weighted by Crippen LogP contribution is -2.54. The molecule has 4 atom stereocenters. The van der Waals surface area contributed by atoms with Crippen LogP contribution in [-0.4, -0.2) is 49.5 Å². The number of pyridine rings is 1. The molecule has 2 heterocycles. The summed E-state index contributed by atoms with van der Waals surface area (Å²) in [6.45, 7) is 5.54. The monoisotopic (exact) mass is 486 g/mol. The van der Waals surface area contributed by atoms with E-state index in [0.717, 1.165) is 23.9 Å². The molecule has 0 bridgehead atoms. The van der Waals surface area contributed by atoms with Crippen LogP contribution in [0.15, 0.2) is 47.7 Å². The van der Waals surface area contributed by atoms with E-state index in [0.29, 0.717) is 6.42 Å². The van der Waals surface area contributed by atoms with Crippen LogP contribution in [0.5, 0.6) is 0 Å². The average Bonchev–Trinajstić information content (AvgIpc) is 3.15. The lowest BCUT2D eigenvalue weighted by molar-refractivity contribution is -0.141. The Morgan fingerprint density at radius 1 is 1.39 bits per heavy atom. The molecule has 3 N–H and O–H groups in total. The van der Waals surface area contributed by atoms with Gasteiger partial charge in [0.2, 0.25) is 10.0 Å². The predicted molar refractivity (Wildman–Crippen MR) is 121 cm³/mol. The van der Waals surface area contributed by atoms with Gasteiger partial charge in [0.25, 0.3) is 0 Å². The van der Waals surface area contributed by atoms with E-state index in [-0.39, 0.29) is 35.9 Å². The normalized spacial score (nSPS) is 25.6. The van der Waals surface area contributed by atoms with Gasteiger partial charge in [-0.05, 0) is 43.0 Å². The van der Waals surface area contributed by atoms with E-state index < -0.39 is 27.1 Å². The summed E-state index contributed by atoms with van der Waals surface area (Å²) < 4.78 is 68.2. The van der Waals surface area contributed by atoms with Crippen molar-refractivity contribution >= 4 is 22.1 Å². The van der Waals surface area contributed by atoms with Crippen molar-refractivity contribution in [1.82, 2.24) is 14.7 Å². The molecule has 0 radical (unpaired) electrons.